The summed E-state index contributed by atoms with van der Waals surface area (Å²) in [6, 6.07) is 12.1. The van der Waals surface area contributed by atoms with Crippen molar-refractivity contribution in [2.24, 2.45) is 0 Å². The highest BCUT2D eigenvalue weighted by Crippen LogP contribution is 2.20. The fraction of sp³-hybridized carbons (Fsp3) is 0.350. The van der Waals surface area contributed by atoms with E-state index in [1.807, 2.05) is 0 Å². The van der Waals surface area contributed by atoms with Gasteiger partial charge in [0.05, 0.1) is 4.90 Å². The van der Waals surface area contributed by atoms with Crippen LogP contribution in [0.1, 0.15) is 41.6 Å². The zero-order valence-corrected chi connectivity index (χ0v) is 15.8. The number of rotatable bonds is 7. The Morgan fingerprint density at radius 1 is 1.00 bits per heavy atom. The molecule has 3 rings (SSSR count). The van der Waals surface area contributed by atoms with Crippen molar-refractivity contribution in [1.29, 1.82) is 0 Å². The predicted molar refractivity (Wildman–Crippen MR) is 101 cm³/mol. The second kappa shape index (κ2) is 8.63. The summed E-state index contributed by atoms with van der Waals surface area (Å²) in [6.07, 6.45) is 4.42. The smallest absolute Gasteiger partial charge is 0.251 e. The van der Waals surface area contributed by atoms with Gasteiger partial charge >= 0.3 is 0 Å². The molecule has 0 saturated heterocycles. The molecule has 0 unspecified atom stereocenters. The van der Waals surface area contributed by atoms with Crippen LogP contribution in [0.5, 0.6) is 0 Å². The summed E-state index contributed by atoms with van der Waals surface area (Å²) in [5.74, 6) is -0.565. The molecule has 0 bridgehead atoms. The maximum Gasteiger partial charge on any atom is 0.251 e. The fourth-order valence-electron chi connectivity index (χ4n) is 3.19. The third kappa shape index (κ3) is 5.37. The average molecular weight is 390 g/mol. The van der Waals surface area contributed by atoms with Gasteiger partial charge in [-0.3, -0.25) is 4.79 Å². The van der Waals surface area contributed by atoms with Crippen molar-refractivity contribution in [2.45, 2.75) is 43.0 Å². The first-order chi connectivity index (χ1) is 12.9. The highest BCUT2D eigenvalue weighted by molar-refractivity contribution is 7.89. The number of sulfonamides is 1. The monoisotopic (exact) mass is 390 g/mol. The van der Waals surface area contributed by atoms with Crippen LogP contribution in [0, 0.1) is 5.82 Å². The Kier molecular flexibility index (Phi) is 6.23. The van der Waals surface area contributed by atoms with E-state index in [9.17, 15) is 17.6 Å². The molecular weight excluding hydrogens is 367 g/mol. The van der Waals surface area contributed by atoms with Gasteiger partial charge in [-0.1, -0.05) is 25.0 Å². The van der Waals surface area contributed by atoms with Crippen molar-refractivity contribution in [3.63, 3.8) is 0 Å². The van der Waals surface area contributed by atoms with Crippen molar-refractivity contribution in [2.75, 3.05) is 6.54 Å². The van der Waals surface area contributed by atoms with Gasteiger partial charge in [0.2, 0.25) is 10.0 Å². The highest BCUT2D eigenvalue weighted by Gasteiger charge is 2.23. The number of halogens is 1. The van der Waals surface area contributed by atoms with Crippen LogP contribution in [0.25, 0.3) is 0 Å². The quantitative estimate of drug-likeness (QED) is 0.763. The normalized spacial score (nSPS) is 15.0. The standard InChI is InChI=1S/C20H23FN2O3S/c21-17-9-5-15(6-10-17)13-14-22-20(24)16-7-11-19(12-8-16)27(25,26)23-18-3-1-2-4-18/h5-12,18,23H,1-4,13-14H2,(H,22,24). The second-order valence-electron chi connectivity index (χ2n) is 6.76. The van der Waals surface area contributed by atoms with Crippen LogP contribution in [-0.4, -0.2) is 26.9 Å². The molecule has 0 heterocycles. The predicted octanol–water partition coefficient (Wildman–Crippen LogP) is 3.02. The van der Waals surface area contributed by atoms with Gasteiger partial charge in [-0.25, -0.2) is 17.5 Å². The molecule has 0 spiro atoms. The molecule has 5 nitrogen and oxygen atoms in total. The molecule has 2 N–H and O–H groups in total. The number of carbonyl (C=O) groups excluding carboxylic acids is 1. The van der Waals surface area contributed by atoms with Gasteiger partial charge in [0.15, 0.2) is 0 Å². The minimum absolute atomic E-state index is 0.00411. The van der Waals surface area contributed by atoms with E-state index in [4.69, 9.17) is 0 Å². The van der Waals surface area contributed by atoms with E-state index in [0.717, 1.165) is 31.2 Å². The molecule has 1 fully saturated rings. The van der Waals surface area contributed by atoms with E-state index in [1.165, 1.54) is 36.4 Å². The summed E-state index contributed by atoms with van der Waals surface area (Å²) in [6.45, 7) is 0.410. The van der Waals surface area contributed by atoms with Crippen molar-refractivity contribution in [3.05, 3.63) is 65.5 Å². The van der Waals surface area contributed by atoms with E-state index in [0.29, 0.717) is 18.5 Å². The Morgan fingerprint density at radius 2 is 1.63 bits per heavy atom. The van der Waals surface area contributed by atoms with Gasteiger partial charge in [0, 0.05) is 18.2 Å². The molecule has 1 aliphatic rings. The molecule has 2 aromatic carbocycles. The van der Waals surface area contributed by atoms with E-state index in [2.05, 4.69) is 10.0 Å². The van der Waals surface area contributed by atoms with Crippen LogP contribution in [0.4, 0.5) is 4.39 Å². The average Bonchev–Trinajstić information content (AvgIpc) is 3.15. The number of nitrogens with one attached hydrogen (secondary N) is 2. The maximum atomic E-state index is 12.9. The van der Waals surface area contributed by atoms with E-state index < -0.39 is 10.0 Å². The van der Waals surface area contributed by atoms with Crippen molar-refractivity contribution < 1.29 is 17.6 Å². The van der Waals surface area contributed by atoms with Crippen molar-refractivity contribution in [1.82, 2.24) is 10.0 Å². The molecule has 1 saturated carbocycles. The Morgan fingerprint density at radius 3 is 2.26 bits per heavy atom. The van der Waals surface area contributed by atoms with Crippen LogP contribution in [0.15, 0.2) is 53.4 Å². The van der Waals surface area contributed by atoms with Crippen molar-refractivity contribution >= 4 is 15.9 Å². The van der Waals surface area contributed by atoms with Gasteiger partial charge < -0.3 is 5.32 Å². The third-order valence-electron chi connectivity index (χ3n) is 4.72. The van der Waals surface area contributed by atoms with Gasteiger partial charge in [0.1, 0.15) is 5.82 Å². The lowest BCUT2D eigenvalue weighted by atomic mass is 10.1. The maximum absolute atomic E-state index is 12.9. The summed E-state index contributed by atoms with van der Waals surface area (Å²) in [7, 11) is -3.56. The molecule has 0 aromatic heterocycles. The molecule has 27 heavy (non-hydrogen) atoms. The molecule has 0 radical (unpaired) electrons. The molecule has 1 aliphatic carbocycles. The Balaban J connectivity index is 1.54. The zero-order chi connectivity index (χ0) is 19.3. The summed E-state index contributed by atoms with van der Waals surface area (Å²) >= 11 is 0. The second-order valence-corrected chi connectivity index (χ2v) is 8.47. The van der Waals surface area contributed by atoms with E-state index in [1.54, 1.807) is 12.1 Å². The first-order valence-corrected chi connectivity index (χ1v) is 10.6. The van der Waals surface area contributed by atoms with E-state index >= 15 is 0 Å². The van der Waals surface area contributed by atoms with E-state index in [-0.39, 0.29) is 22.7 Å². The topological polar surface area (TPSA) is 75.3 Å². The zero-order valence-electron chi connectivity index (χ0n) is 14.9. The molecule has 144 valence electrons. The fourth-order valence-corrected chi connectivity index (χ4v) is 4.50. The minimum atomic E-state index is -3.56. The first-order valence-electron chi connectivity index (χ1n) is 9.09. The van der Waals surface area contributed by atoms with Crippen LogP contribution < -0.4 is 10.0 Å². The van der Waals surface area contributed by atoms with Crippen LogP contribution in [-0.2, 0) is 16.4 Å². The van der Waals surface area contributed by atoms with Crippen LogP contribution in [0.3, 0.4) is 0 Å². The van der Waals surface area contributed by atoms with Crippen molar-refractivity contribution in [3.8, 4) is 0 Å². The molecule has 1 amide bonds. The minimum Gasteiger partial charge on any atom is -0.352 e. The summed E-state index contributed by atoms with van der Waals surface area (Å²) in [4.78, 5) is 12.4. The SMILES string of the molecule is O=C(NCCc1ccc(F)cc1)c1ccc(S(=O)(=O)NC2CCCC2)cc1. The van der Waals surface area contributed by atoms with Crippen LogP contribution >= 0.6 is 0 Å². The number of hydrogen-bond acceptors (Lipinski definition) is 3. The Labute approximate surface area is 159 Å². The first kappa shape index (κ1) is 19.5. The van der Waals surface area contributed by atoms with Gasteiger partial charge in [-0.2, -0.15) is 0 Å². The lowest BCUT2D eigenvalue weighted by Crippen LogP contribution is -2.32. The van der Waals surface area contributed by atoms with Crippen LogP contribution in [0.2, 0.25) is 0 Å². The molecule has 0 atom stereocenters. The highest BCUT2D eigenvalue weighted by atomic mass is 32.2. The van der Waals surface area contributed by atoms with Gasteiger partial charge in [-0.15, -0.1) is 0 Å². The summed E-state index contributed by atoms with van der Waals surface area (Å²) in [5, 5.41) is 2.78. The lowest BCUT2D eigenvalue weighted by Gasteiger charge is -2.13. The Bertz CT molecular complexity index is 874. The number of carbonyl (C=O) groups is 1. The van der Waals surface area contributed by atoms with Gasteiger partial charge in [0.25, 0.3) is 5.91 Å². The Hall–Kier alpha value is -2.25. The van der Waals surface area contributed by atoms with Gasteiger partial charge in [-0.05, 0) is 61.2 Å². The molecule has 7 heteroatoms. The molecular formula is C20H23FN2O3S. The largest absolute Gasteiger partial charge is 0.352 e. The number of hydrogen-bond donors (Lipinski definition) is 2. The number of benzene rings is 2. The molecule has 2 aromatic rings. The summed E-state index contributed by atoms with van der Waals surface area (Å²) < 4.78 is 40.4. The third-order valence-corrected chi connectivity index (χ3v) is 6.25. The number of amides is 1. The summed E-state index contributed by atoms with van der Waals surface area (Å²) in [5.41, 5.74) is 1.32. The molecule has 0 aliphatic heterocycles. The lowest BCUT2D eigenvalue weighted by molar-refractivity contribution is 0.0954.